The zero-order chi connectivity index (χ0) is 17.7. The van der Waals surface area contributed by atoms with Gasteiger partial charge in [0.2, 0.25) is 5.91 Å². The van der Waals surface area contributed by atoms with Crippen LogP contribution in [0.4, 0.5) is 0 Å². The number of rotatable bonds is 7. The molecule has 1 aliphatic heterocycles. The third kappa shape index (κ3) is 3.87. The second-order valence-corrected chi connectivity index (χ2v) is 6.41. The van der Waals surface area contributed by atoms with Gasteiger partial charge in [0.1, 0.15) is 5.75 Å². The first-order chi connectivity index (χ1) is 11.4. The number of hydrogen-bond donors (Lipinski definition) is 1. The standard InChI is InChI=1S/C18H25NO5/c1-13(2)24-15-7-4-6-14(10-15)11-16(20)19-9-5-8-18(19,12-23-3)17(21)22/h4,6-7,10,13H,5,8-9,11-12H2,1-3H3,(H,21,22). The average molecular weight is 335 g/mol. The smallest absolute Gasteiger partial charge is 0.332 e. The van der Waals surface area contributed by atoms with Gasteiger partial charge in [0.25, 0.3) is 0 Å². The highest BCUT2D eigenvalue weighted by Gasteiger charge is 2.49. The molecule has 1 amide bonds. The minimum absolute atomic E-state index is 0.00454. The number of likely N-dealkylation sites (tertiary alicyclic amines) is 1. The molecule has 1 fully saturated rings. The Morgan fingerprint density at radius 1 is 1.38 bits per heavy atom. The third-order valence-electron chi connectivity index (χ3n) is 4.20. The van der Waals surface area contributed by atoms with E-state index in [4.69, 9.17) is 9.47 Å². The maximum Gasteiger partial charge on any atom is 0.332 e. The predicted octanol–water partition coefficient (Wildman–Crippen LogP) is 2.11. The van der Waals surface area contributed by atoms with Gasteiger partial charge in [-0.1, -0.05) is 12.1 Å². The maximum absolute atomic E-state index is 12.7. The van der Waals surface area contributed by atoms with E-state index in [1.165, 1.54) is 12.0 Å². The molecule has 0 saturated carbocycles. The molecule has 132 valence electrons. The van der Waals surface area contributed by atoms with Gasteiger partial charge in [-0.05, 0) is 44.4 Å². The Hall–Kier alpha value is -2.08. The van der Waals surface area contributed by atoms with Crippen molar-refractivity contribution < 1.29 is 24.2 Å². The van der Waals surface area contributed by atoms with Gasteiger partial charge < -0.3 is 19.5 Å². The molecule has 1 aromatic carbocycles. The first-order valence-corrected chi connectivity index (χ1v) is 8.17. The van der Waals surface area contributed by atoms with Crippen LogP contribution in [0.15, 0.2) is 24.3 Å². The molecule has 0 radical (unpaired) electrons. The van der Waals surface area contributed by atoms with Crippen molar-refractivity contribution in [3.05, 3.63) is 29.8 Å². The predicted molar refractivity (Wildman–Crippen MR) is 89.1 cm³/mol. The van der Waals surface area contributed by atoms with Crippen LogP contribution in [0.5, 0.6) is 5.75 Å². The largest absolute Gasteiger partial charge is 0.491 e. The summed E-state index contributed by atoms with van der Waals surface area (Å²) >= 11 is 0. The second-order valence-electron chi connectivity index (χ2n) is 6.41. The van der Waals surface area contributed by atoms with Gasteiger partial charge in [-0.15, -0.1) is 0 Å². The summed E-state index contributed by atoms with van der Waals surface area (Å²) in [4.78, 5) is 25.9. The molecule has 1 aromatic rings. The Morgan fingerprint density at radius 3 is 2.75 bits per heavy atom. The highest BCUT2D eigenvalue weighted by molar-refractivity contribution is 5.89. The fourth-order valence-electron chi connectivity index (χ4n) is 3.19. The van der Waals surface area contributed by atoms with Crippen molar-refractivity contribution in [1.82, 2.24) is 4.90 Å². The number of hydrogen-bond acceptors (Lipinski definition) is 4. The van der Waals surface area contributed by atoms with E-state index in [1.807, 2.05) is 38.1 Å². The number of carbonyl (C=O) groups is 2. The minimum atomic E-state index is -1.25. The number of carbonyl (C=O) groups excluding carboxylic acids is 1. The summed E-state index contributed by atoms with van der Waals surface area (Å²) in [6.07, 6.45) is 1.28. The molecule has 6 nitrogen and oxygen atoms in total. The number of amides is 1. The lowest BCUT2D eigenvalue weighted by Crippen LogP contribution is -2.56. The zero-order valence-corrected chi connectivity index (χ0v) is 14.4. The Balaban J connectivity index is 2.15. The van der Waals surface area contributed by atoms with Crippen molar-refractivity contribution in [3.63, 3.8) is 0 Å². The van der Waals surface area contributed by atoms with Gasteiger partial charge in [-0.2, -0.15) is 0 Å². The molecule has 1 N–H and O–H groups in total. The summed E-state index contributed by atoms with van der Waals surface area (Å²) in [7, 11) is 1.46. The summed E-state index contributed by atoms with van der Waals surface area (Å²) in [5.74, 6) is -0.501. The highest BCUT2D eigenvalue weighted by atomic mass is 16.5. The average Bonchev–Trinajstić information content (AvgIpc) is 2.92. The number of carboxylic acid groups (broad SMARTS) is 1. The molecule has 1 unspecified atom stereocenters. The van der Waals surface area contributed by atoms with Crippen molar-refractivity contribution in [2.75, 3.05) is 20.3 Å². The van der Waals surface area contributed by atoms with Crippen LogP contribution in [0.3, 0.4) is 0 Å². The van der Waals surface area contributed by atoms with Crippen molar-refractivity contribution >= 4 is 11.9 Å². The first kappa shape index (κ1) is 18.3. The molecule has 1 heterocycles. The number of ether oxygens (including phenoxy) is 2. The molecule has 0 aromatic heterocycles. The van der Waals surface area contributed by atoms with Crippen LogP contribution in [0.1, 0.15) is 32.3 Å². The van der Waals surface area contributed by atoms with Crippen molar-refractivity contribution in [1.29, 1.82) is 0 Å². The van der Waals surface area contributed by atoms with E-state index in [0.717, 1.165) is 5.56 Å². The summed E-state index contributed by atoms with van der Waals surface area (Å²) in [5.41, 5.74) is -0.445. The van der Waals surface area contributed by atoms with Crippen LogP contribution in [0.25, 0.3) is 0 Å². The lowest BCUT2D eigenvalue weighted by atomic mass is 9.96. The number of nitrogens with zero attached hydrogens (tertiary/aromatic N) is 1. The van der Waals surface area contributed by atoms with E-state index in [0.29, 0.717) is 25.1 Å². The van der Waals surface area contributed by atoms with E-state index in [-0.39, 0.29) is 25.0 Å². The van der Waals surface area contributed by atoms with E-state index in [2.05, 4.69) is 0 Å². The summed E-state index contributed by atoms with van der Waals surface area (Å²) < 4.78 is 10.7. The van der Waals surface area contributed by atoms with Gasteiger partial charge in [-0.3, -0.25) is 4.79 Å². The van der Waals surface area contributed by atoms with Gasteiger partial charge in [-0.25, -0.2) is 4.79 Å². The van der Waals surface area contributed by atoms with E-state index in [9.17, 15) is 14.7 Å². The van der Waals surface area contributed by atoms with Crippen LogP contribution in [0, 0.1) is 0 Å². The quantitative estimate of drug-likeness (QED) is 0.826. The molecule has 0 aliphatic carbocycles. The first-order valence-electron chi connectivity index (χ1n) is 8.17. The molecule has 1 aliphatic rings. The van der Waals surface area contributed by atoms with Gasteiger partial charge in [0.15, 0.2) is 5.54 Å². The van der Waals surface area contributed by atoms with Gasteiger partial charge in [0.05, 0.1) is 19.1 Å². The van der Waals surface area contributed by atoms with Crippen LogP contribution >= 0.6 is 0 Å². The topological polar surface area (TPSA) is 76.1 Å². The second kappa shape index (κ2) is 7.66. The zero-order valence-electron chi connectivity index (χ0n) is 14.4. The fourth-order valence-corrected chi connectivity index (χ4v) is 3.19. The Labute approximate surface area is 142 Å². The van der Waals surface area contributed by atoms with E-state index >= 15 is 0 Å². The molecule has 1 saturated heterocycles. The minimum Gasteiger partial charge on any atom is -0.491 e. The van der Waals surface area contributed by atoms with Crippen molar-refractivity contribution in [3.8, 4) is 5.75 Å². The molecular formula is C18H25NO5. The molecule has 2 rings (SSSR count). The number of benzene rings is 1. The summed E-state index contributed by atoms with van der Waals surface area (Å²) in [5, 5.41) is 9.63. The SMILES string of the molecule is COCC1(C(=O)O)CCCN1C(=O)Cc1cccc(OC(C)C)c1. The van der Waals surface area contributed by atoms with Crippen LogP contribution in [-0.2, 0) is 20.7 Å². The molecule has 0 bridgehead atoms. The van der Waals surface area contributed by atoms with Crippen molar-refractivity contribution in [2.24, 2.45) is 0 Å². The third-order valence-corrected chi connectivity index (χ3v) is 4.20. The van der Waals surface area contributed by atoms with E-state index in [1.54, 1.807) is 0 Å². The van der Waals surface area contributed by atoms with Gasteiger partial charge in [0, 0.05) is 13.7 Å². The highest BCUT2D eigenvalue weighted by Crippen LogP contribution is 2.31. The molecule has 24 heavy (non-hydrogen) atoms. The van der Waals surface area contributed by atoms with E-state index < -0.39 is 11.5 Å². The summed E-state index contributed by atoms with van der Waals surface area (Å²) in [6, 6.07) is 7.35. The summed E-state index contributed by atoms with van der Waals surface area (Å²) in [6.45, 7) is 4.32. The Bertz CT molecular complexity index is 601. The van der Waals surface area contributed by atoms with Crippen molar-refractivity contribution in [2.45, 2.75) is 44.8 Å². The Kier molecular flexibility index (Phi) is 5.83. The monoisotopic (exact) mass is 335 g/mol. The lowest BCUT2D eigenvalue weighted by Gasteiger charge is -2.34. The number of methoxy groups -OCH3 is 1. The van der Waals surface area contributed by atoms with Crippen LogP contribution < -0.4 is 4.74 Å². The Morgan fingerprint density at radius 2 is 2.12 bits per heavy atom. The maximum atomic E-state index is 12.7. The number of aliphatic carboxylic acids is 1. The molecule has 6 heteroatoms. The normalized spacial score (nSPS) is 20.4. The van der Waals surface area contributed by atoms with Crippen LogP contribution in [0.2, 0.25) is 0 Å². The van der Waals surface area contributed by atoms with Gasteiger partial charge >= 0.3 is 5.97 Å². The van der Waals surface area contributed by atoms with Crippen LogP contribution in [-0.4, -0.2) is 53.8 Å². The fraction of sp³-hybridized carbons (Fsp3) is 0.556. The molecule has 1 atom stereocenters. The molecular weight excluding hydrogens is 310 g/mol. The lowest BCUT2D eigenvalue weighted by molar-refractivity contribution is -0.160. The molecule has 0 spiro atoms. The number of carboxylic acids is 1.